The Hall–Kier alpha value is -7.45. The van der Waals surface area contributed by atoms with E-state index in [9.17, 15) is 14.7 Å². The van der Waals surface area contributed by atoms with E-state index in [-0.39, 0.29) is 36.8 Å². The molecule has 6 aromatic rings. The van der Waals surface area contributed by atoms with Crippen molar-refractivity contribution >= 4 is 68.8 Å². The molecule has 6 heterocycles. The number of likely N-dealkylation sites (tertiary alicyclic amines) is 2. The number of halogens is 1. The van der Waals surface area contributed by atoms with Crippen LogP contribution in [0.4, 0.5) is 23.0 Å². The zero-order valence-corrected chi connectivity index (χ0v) is 49.8. The van der Waals surface area contributed by atoms with Crippen molar-refractivity contribution in [1.29, 1.82) is 0 Å². The van der Waals surface area contributed by atoms with Gasteiger partial charge < -0.3 is 64.9 Å². The highest BCUT2D eigenvalue weighted by molar-refractivity contribution is 5.97. The molecule has 442 valence electrons. The van der Waals surface area contributed by atoms with Gasteiger partial charge in [-0.2, -0.15) is 19.9 Å². The molecule has 2 saturated heterocycles. The summed E-state index contributed by atoms with van der Waals surface area (Å²) in [4.78, 5) is 52.5. The van der Waals surface area contributed by atoms with Crippen LogP contribution in [0, 0.1) is 0 Å². The first-order valence-electron chi connectivity index (χ1n) is 28.4. The quantitative estimate of drug-likeness (QED) is 0.0575. The number of aromatic hydroxyl groups is 1. The highest BCUT2D eigenvalue weighted by atomic mass is 35.5. The van der Waals surface area contributed by atoms with Crippen LogP contribution in [0.2, 0.25) is 0 Å². The maximum Gasteiger partial charge on any atom is 0.318 e. The van der Waals surface area contributed by atoms with Crippen molar-refractivity contribution in [1.82, 2.24) is 39.5 Å². The largest absolute Gasteiger partial charge is 0.508 e. The Labute approximate surface area is 490 Å². The van der Waals surface area contributed by atoms with Crippen LogP contribution in [0.3, 0.4) is 0 Å². The van der Waals surface area contributed by atoms with Crippen molar-refractivity contribution in [2.75, 3.05) is 115 Å². The van der Waals surface area contributed by atoms with Gasteiger partial charge in [0.05, 0.1) is 24.5 Å². The number of benzene rings is 4. The Morgan fingerprint density at radius 3 is 1.49 bits per heavy atom. The average molecular weight is 1150 g/mol. The normalized spacial score (nSPS) is 16.4. The summed E-state index contributed by atoms with van der Waals surface area (Å²) in [5.41, 5.74) is 18.5. The molecule has 10 rings (SSSR count). The molecular formula is C62H85ClN12O7. The summed E-state index contributed by atoms with van der Waals surface area (Å²) in [6.45, 7) is 24.1. The fourth-order valence-corrected chi connectivity index (χ4v) is 10.7. The number of carbonyl (C=O) groups is 2. The monoisotopic (exact) mass is 1140 g/mol. The molecule has 4 aliphatic rings. The van der Waals surface area contributed by atoms with Crippen LogP contribution in [0.5, 0.6) is 23.5 Å². The molecule has 20 heteroatoms. The molecule has 0 saturated carbocycles. The molecule has 5 N–H and O–H groups in total. The van der Waals surface area contributed by atoms with Crippen molar-refractivity contribution in [2.45, 2.75) is 91.4 Å². The van der Waals surface area contributed by atoms with Crippen LogP contribution in [0.25, 0.3) is 21.5 Å². The van der Waals surface area contributed by atoms with Gasteiger partial charge >= 0.3 is 12.0 Å². The molecule has 2 fully saturated rings. The van der Waals surface area contributed by atoms with E-state index in [1.165, 1.54) is 30.4 Å². The van der Waals surface area contributed by atoms with E-state index in [2.05, 4.69) is 87.2 Å². The zero-order chi connectivity index (χ0) is 58.0. The maximum atomic E-state index is 10.8. The van der Waals surface area contributed by atoms with Gasteiger partial charge in [0.25, 0.3) is 0 Å². The van der Waals surface area contributed by atoms with Gasteiger partial charge in [-0.25, -0.2) is 0 Å². The Morgan fingerprint density at radius 2 is 1.09 bits per heavy atom. The molecule has 4 aromatic carbocycles. The molecule has 0 bridgehead atoms. The fraction of sp³-hybridized carbons (Fsp3) is 0.452. The molecule has 0 unspecified atom stereocenters. The highest BCUT2D eigenvalue weighted by Gasteiger charge is 2.28. The van der Waals surface area contributed by atoms with E-state index in [0.717, 1.165) is 134 Å². The molecule has 0 spiro atoms. The molecule has 82 heavy (non-hydrogen) atoms. The lowest BCUT2D eigenvalue weighted by Gasteiger charge is -2.31. The van der Waals surface area contributed by atoms with Gasteiger partial charge in [-0.1, -0.05) is 61.7 Å². The molecule has 4 aliphatic heterocycles. The third-order valence-corrected chi connectivity index (χ3v) is 15.5. The van der Waals surface area contributed by atoms with Gasteiger partial charge in [0.15, 0.2) is 6.79 Å². The summed E-state index contributed by atoms with van der Waals surface area (Å²) in [6, 6.07) is 25.7. The second kappa shape index (κ2) is 31.1. The van der Waals surface area contributed by atoms with Crippen molar-refractivity contribution in [3.8, 4) is 23.5 Å². The summed E-state index contributed by atoms with van der Waals surface area (Å²) < 4.78 is 22.8. The van der Waals surface area contributed by atoms with Crippen LogP contribution < -0.4 is 35.5 Å². The number of nitrogens with two attached hydrogens (primary N) is 2. The number of nitrogens with zero attached hydrogens (tertiary/aromatic N) is 10. The number of hydrogen-bond acceptors (Lipinski definition) is 17. The average Bonchev–Trinajstić information content (AvgIpc) is 4.15. The first-order chi connectivity index (χ1) is 39.2. The molecular weight excluding hydrogens is 1060 g/mol. The Kier molecular flexibility index (Phi) is 24.2. The molecule has 2 amide bonds. The van der Waals surface area contributed by atoms with Gasteiger partial charge in [0, 0.05) is 104 Å². The SMILES string of the molecule is C=CC(=O)N(CC)CC.C=CC(=O)N(CC)CC.CN1CCC[C@H]1COc1nc(N)c2c(n1)CN(c1cc(O)cc3ccccc13)CC2.COCOc1cc(N2CCc3c(N)nc(OC[C@@H]4CCCN4C)nc3C2)c2ccccc2c1.Cl. The Balaban J connectivity index is 0.000000202. The third kappa shape index (κ3) is 16.4. The summed E-state index contributed by atoms with van der Waals surface area (Å²) >= 11 is 0. The van der Waals surface area contributed by atoms with Crippen LogP contribution in [-0.2, 0) is 40.3 Å². The van der Waals surface area contributed by atoms with Crippen LogP contribution >= 0.6 is 12.4 Å². The van der Waals surface area contributed by atoms with Gasteiger partial charge in [-0.15, -0.1) is 12.4 Å². The first-order valence-corrected chi connectivity index (χ1v) is 28.4. The summed E-state index contributed by atoms with van der Waals surface area (Å²) in [5.74, 6) is 2.11. The van der Waals surface area contributed by atoms with Crippen LogP contribution in [-0.4, -0.2) is 162 Å². The number of nitrogen functional groups attached to an aromatic ring is 2. The number of hydrogen-bond donors (Lipinski definition) is 3. The second-order valence-electron chi connectivity index (χ2n) is 20.5. The van der Waals surface area contributed by atoms with E-state index in [0.29, 0.717) is 62.0 Å². The summed E-state index contributed by atoms with van der Waals surface area (Å²) in [7, 11) is 5.88. The van der Waals surface area contributed by atoms with Gasteiger partial charge in [-0.05, 0) is 128 Å². The van der Waals surface area contributed by atoms with E-state index < -0.39 is 0 Å². The lowest BCUT2D eigenvalue weighted by atomic mass is 10.0. The molecule has 0 aliphatic carbocycles. The van der Waals surface area contributed by atoms with Crippen molar-refractivity contribution in [3.63, 3.8) is 0 Å². The van der Waals surface area contributed by atoms with E-state index in [1.807, 2.05) is 64.1 Å². The Morgan fingerprint density at radius 1 is 0.646 bits per heavy atom. The van der Waals surface area contributed by atoms with Crippen LogP contribution in [0.15, 0.2) is 98.1 Å². The van der Waals surface area contributed by atoms with Crippen LogP contribution in [0.1, 0.15) is 75.9 Å². The number of aromatic nitrogens is 4. The maximum absolute atomic E-state index is 10.8. The molecule has 19 nitrogen and oxygen atoms in total. The van der Waals surface area contributed by atoms with E-state index in [4.69, 9.17) is 40.4 Å². The highest BCUT2D eigenvalue weighted by Crippen LogP contribution is 2.37. The number of fused-ring (bicyclic) bond motifs is 4. The number of methoxy groups -OCH3 is 1. The van der Waals surface area contributed by atoms with E-state index in [1.54, 1.807) is 23.0 Å². The van der Waals surface area contributed by atoms with Crippen molar-refractivity contribution < 1.29 is 33.6 Å². The minimum atomic E-state index is 0. The lowest BCUT2D eigenvalue weighted by Crippen LogP contribution is -2.33. The number of rotatable bonds is 17. The topological polar surface area (TPSA) is 214 Å². The number of phenolic OH excluding ortho intramolecular Hbond substituents is 1. The number of anilines is 4. The predicted molar refractivity (Wildman–Crippen MR) is 330 cm³/mol. The number of carbonyl (C=O) groups excluding carboxylic acids is 2. The fourth-order valence-electron chi connectivity index (χ4n) is 10.7. The minimum absolute atomic E-state index is 0. The first kappa shape index (κ1) is 63.7. The Bertz CT molecular complexity index is 3060. The number of likely N-dealkylation sites (N-methyl/N-ethyl adjacent to an activating group) is 4. The lowest BCUT2D eigenvalue weighted by molar-refractivity contribution is -0.126. The molecule has 2 atom stereocenters. The third-order valence-electron chi connectivity index (χ3n) is 15.5. The number of amides is 2. The number of ether oxygens (including phenoxy) is 4. The smallest absolute Gasteiger partial charge is 0.318 e. The minimum Gasteiger partial charge on any atom is -0.508 e. The number of phenols is 1. The zero-order valence-electron chi connectivity index (χ0n) is 49.0. The van der Waals surface area contributed by atoms with E-state index >= 15 is 0 Å². The molecule has 0 radical (unpaired) electrons. The molecule has 2 aromatic heterocycles. The summed E-state index contributed by atoms with van der Waals surface area (Å²) in [5, 5.41) is 14.7. The van der Waals surface area contributed by atoms with Gasteiger partial charge in [0.2, 0.25) is 11.8 Å². The second-order valence-corrected chi connectivity index (χ2v) is 20.5. The van der Waals surface area contributed by atoms with Gasteiger partial charge in [0.1, 0.15) is 36.3 Å². The van der Waals surface area contributed by atoms with Crippen molar-refractivity contribution in [2.24, 2.45) is 0 Å². The predicted octanol–water partition coefficient (Wildman–Crippen LogP) is 8.69. The summed E-state index contributed by atoms with van der Waals surface area (Å²) in [6.07, 6.45) is 8.90. The van der Waals surface area contributed by atoms with Crippen molar-refractivity contribution in [3.05, 3.63) is 121 Å². The van der Waals surface area contributed by atoms with Gasteiger partial charge in [-0.3, -0.25) is 9.59 Å². The standard InChI is InChI=1S/C25H31N5O3.C23H27N5O2.2C7H13NO.ClH/c1-29-10-5-7-18(29)15-32-25-27-22-14-30(11-9-21(22)24(26)28-25)23-13-19(33-16-31-2)12-17-6-3-4-8-20(17)23;1-27-9-4-6-16(27)14-30-23-25-20-13-28(10-8-19(20)22(24)26-23)21-12-17(29)11-15-5-2-3-7-18(15)21;2*1-4-7(9)8(5-2)6-3;/h3-4,6,8,12-13,18H,5,7,9-11,14-16H2,1-2H3,(H2,26,27,28);2-3,5,7,11-12,16,29H,4,6,8-10,13-14H2,1H3,(H2,24,25,26);2*4H,1,5-6H2,2-3H3;1H/t18-;16-;;;/m00.../s1.